The van der Waals surface area contributed by atoms with Crippen LogP contribution in [0.3, 0.4) is 0 Å². The van der Waals surface area contributed by atoms with E-state index in [1.807, 2.05) is 34.8 Å². The summed E-state index contributed by atoms with van der Waals surface area (Å²) in [4.78, 5) is 21.5. The molecule has 0 unspecified atom stereocenters. The number of hydrogen-bond donors (Lipinski definition) is 0. The number of nitrogens with zero attached hydrogens (tertiary/aromatic N) is 8. The van der Waals surface area contributed by atoms with Crippen molar-refractivity contribution in [1.29, 1.82) is 0 Å². The Morgan fingerprint density at radius 1 is 0.400 bits per heavy atom. The molecule has 0 aromatic carbocycles. The maximum Gasteiger partial charge on any atom is 5.00 e. The van der Waals surface area contributed by atoms with Crippen molar-refractivity contribution in [3.8, 4) is 44.5 Å². The van der Waals surface area contributed by atoms with E-state index >= 15 is 0 Å². The molecule has 55 heavy (non-hydrogen) atoms. The van der Waals surface area contributed by atoms with Gasteiger partial charge < -0.3 is 9.97 Å². The third-order valence-corrected chi connectivity index (χ3v) is 10.1. The molecule has 0 N–H and O–H groups in total. The molecule has 2 aliphatic heterocycles. The van der Waals surface area contributed by atoms with Gasteiger partial charge in [-0.25, -0.2) is 28.2 Å². The Kier molecular flexibility index (Phi) is 9.43. The number of pyridine rings is 4. The second-order valence-electron chi connectivity index (χ2n) is 14.2. The molecule has 1 radical (unpaired) electrons. The zero-order valence-corrected chi connectivity index (χ0v) is 32.5. The standard InChI is InChI=1S/C46H40N8.Fe/c1-30(2)54-28-20-34(21-29-54)46-41-12-10-39(49-41)44(32-16-24-52(4)25-17-32)37-8-6-35(47-37)43(31-14-22-51(3)23-15-31)36-7-9-38(48-36)45(40-11-13-42(46)50-40)33-18-26-53(5)27-19-33;/h6-30H,1-5H3;/q+2;+5. The normalized spacial score (nSPS) is 12.0. The fourth-order valence-electron chi connectivity index (χ4n) is 7.22. The van der Waals surface area contributed by atoms with Gasteiger partial charge in [0.1, 0.15) is 21.1 Å². The fourth-order valence-corrected chi connectivity index (χ4v) is 7.22. The van der Waals surface area contributed by atoms with Gasteiger partial charge in [0, 0.05) is 48.5 Å². The average molecular weight is 761 g/mol. The van der Waals surface area contributed by atoms with Crippen LogP contribution in [-0.2, 0) is 38.2 Å². The first kappa shape index (κ1) is 35.7. The summed E-state index contributed by atoms with van der Waals surface area (Å²) in [6, 6.07) is 25.9. The molecule has 9 heteroatoms. The number of aromatic nitrogens is 8. The summed E-state index contributed by atoms with van der Waals surface area (Å²) in [5.41, 5.74) is 14.8. The van der Waals surface area contributed by atoms with Crippen molar-refractivity contribution in [2.45, 2.75) is 19.9 Å². The molecule has 9 heterocycles. The van der Waals surface area contributed by atoms with Gasteiger partial charge in [0.2, 0.25) is 0 Å². The van der Waals surface area contributed by atoms with Crippen LogP contribution < -0.4 is 28.2 Å². The number of rotatable bonds is 5. The molecule has 8 nitrogen and oxygen atoms in total. The van der Waals surface area contributed by atoms with Crippen molar-refractivity contribution in [2.75, 3.05) is 0 Å². The third kappa shape index (κ3) is 6.73. The van der Waals surface area contributed by atoms with Gasteiger partial charge in [-0.15, -0.1) is 22.1 Å². The average Bonchev–Trinajstić information content (AvgIpc) is 4.02. The molecule has 0 spiro atoms. The minimum Gasteiger partial charge on any atom is -0.657 e. The molecule has 0 amide bonds. The van der Waals surface area contributed by atoms with Crippen LogP contribution in [0.15, 0.2) is 122 Å². The topological polar surface area (TPSA) is 69.5 Å². The second-order valence-corrected chi connectivity index (χ2v) is 14.2. The molecule has 9 rings (SSSR count). The molecule has 7 aromatic rings. The SMILES string of the molecule is CC(C)[n+]1ccc(-c2c3nc(c(-c4cc[n+](C)cc4)c4ccc([n-]4)c(-c4cc[n+](C)cc4)c4nc(c(-c5cc[n+](C)cc5)c5ccc2[n-]5)C=C4)C=C3)cc1.[Fe+5]. The van der Waals surface area contributed by atoms with Crippen LogP contribution in [0.2, 0.25) is 0 Å². The van der Waals surface area contributed by atoms with Crippen LogP contribution in [0.1, 0.15) is 42.7 Å². The van der Waals surface area contributed by atoms with E-state index in [2.05, 4.69) is 165 Å². The van der Waals surface area contributed by atoms with E-state index in [9.17, 15) is 0 Å². The van der Waals surface area contributed by atoms with E-state index in [-0.39, 0.29) is 17.1 Å². The van der Waals surface area contributed by atoms with E-state index in [1.165, 1.54) is 0 Å². The molecule has 8 bridgehead atoms. The molecular weight excluding hydrogens is 720 g/mol. The molecule has 265 valence electrons. The van der Waals surface area contributed by atoms with Crippen molar-refractivity contribution < 1.29 is 35.3 Å². The predicted octanol–water partition coefficient (Wildman–Crippen LogP) is 6.92. The van der Waals surface area contributed by atoms with E-state index in [4.69, 9.17) is 19.9 Å². The van der Waals surface area contributed by atoms with Crippen molar-refractivity contribution >= 4 is 46.4 Å². The van der Waals surface area contributed by atoms with Gasteiger partial charge in [-0.2, -0.15) is 0 Å². The van der Waals surface area contributed by atoms with E-state index in [0.717, 1.165) is 89.4 Å². The van der Waals surface area contributed by atoms with Gasteiger partial charge >= 0.3 is 17.1 Å². The van der Waals surface area contributed by atoms with Gasteiger partial charge in [0.05, 0.1) is 22.8 Å². The van der Waals surface area contributed by atoms with E-state index < -0.39 is 0 Å². The Morgan fingerprint density at radius 3 is 0.909 bits per heavy atom. The third-order valence-electron chi connectivity index (χ3n) is 10.1. The molecule has 0 fully saturated rings. The van der Waals surface area contributed by atoms with Gasteiger partial charge in [-0.1, -0.05) is 24.3 Å². The smallest absolute Gasteiger partial charge is 0.657 e. The zero-order chi connectivity index (χ0) is 36.9. The van der Waals surface area contributed by atoms with Crippen LogP contribution >= 0.6 is 0 Å². The van der Waals surface area contributed by atoms with Crippen LogP contribution in [0.5, 0.6) is 0 Å². The van der Waals surface area contributed by atoms with Gasteiger partial charge in [0.15, 0.2) is 55.6 Å². The Bertz CT molecular complexity index is 2750. The fraction of sp³-hybridized carbons (Fsp3) is 0.130. The summed E-state index contributed by atoms with van der Waals surface area (Å²) in [7, 11) is 6.08. The first-order valence-electron chi connectivity index (χ1n) is 18.2. The molecule has 2 aliphatic rings. The summed E-state index contributed by atoms with van der Waals surface area (Å²) in [5, 5.41) is 0. The first-order valence-corrected chi connectivity index (χ1v) is 18.2. The van der Waals surface area contributed by atoms with Crippen molar-refractivity contribution in [1.82, 2.24) is 19.9 Å². The van der Waals surface area contributed by atoms with Gasteiger partial charge in [-0.05, 0) is 82.7 Å². The van der Waals surface area contributed by atoms with E-state index in [1.54, 1.807) is 0 Å². The molecule has 0 atom stereocenters. The summed E-state index contributed by atoms with van der Waals surface area (Å²) >= 11 is 0. The Labute approximate surface area is 331 Å². The molecule has 0 saturated heterocycles. The molecule has 7 aromatic heterocycles. The summed E-state index contributed by atoms with van der Waals surface area (Å²) in [6.45, 7) is 4.37. The number of fused-ring (bicyclic) bond motifs is 8. The van der Waals surface area contributed by atoms with Gasteiger partial charge in [0.25, 0.3) is 0 Å². The largest absolute Gasteiger partial charge is 5.00 e. The van der Waals surface area contributed by atoms with Crippen LogP contribution in [0.4, 0.5) is 0 Å². The van der Waals surface area contributed by atoms with Crippen LogP contribution in [0.25, 0.3) is 90.9 Å². The summed E-state index contributed by atoms with van der Waals surface area (Å²) < 4.78 is 8.32. The summed E-state index contributed by atoms with van der Waals surface area (Å²) in [5.74, 6) is 0. The molecule has 0 saturated carbocycles. The monoisotopic (exact) mass is 760 g/mol. The van der Waals surface area contributed by atoms with Crippen LogP contribution in [-0.4, -0.2) is 9.97 Å². The Balaban J connectivity index is 0.00000427. The number of hydrogen-bond acceptors (Lipinski definition) is 2. The molecule has 0 aliphatic carbocycles. The summed E-state index contributed by atoms with van der Waals surface area (Å²) in [6.07, 6.45) is 25.1. The number of aryl methyl sites for hydroxylation is 3. The first-order chi connectivity index (χ1) is 26.3. The Morgan fingerprint density at radius 2 is 0.655 bits per heavy atom. The maximum atomic E-state index is 5.39. The maximum absolute atomic E-state index is 5.39. The van der Waals surface area contributed by atoms with Crippen molar-refractivity contribution in [3.05, 3.63) is 145 Å². The minimum absolute atomic E-state index is 0. The zero-order valence-electron chi connectivity index (χ0n) is 31.4. The van der Waals surface area contributed by atoms with Crippen molar-refractivity contribution in [3.63, 3.8) is 0 Å². The Hall–Kier alpha value is -6.28. The van der Waals surface area contributed by atoms with Crippen molar-refractivity contribution in [2.24, 2.45) is 21.1 Å². The quantitative estimate of drug-likeness (QED) is 0.141. The molecular formula is C46H40FeN8+7. The van der Waals surface area contributed by atoms with E-state index in [0.29, 0.717) is 6.04 Å². The van der Waals surface area contributed by atoms with Gasteiger partial charge in [-0.3, -0.25) is 0 Å². The van der Waals surface area contributed by atoms with Crippen LogP contribution in [0, 0.1) is 0 Å². The second kappa shape index (κ2) is 14.5. The minimum atomic E-state index is 0. The predicted molar refractivity (Wildman–Crippen MR) is 213 cm³/mol.